The van der Waals surface area contributed by atoms with Crippen LogP contribution in [-0.4, -0.2) is 36.3 Å². The summed E-state index contributed by atoms with van der Waals surface area (Å²) in [5.41, 5.74) is 0.565. The first-order valence-corrected chi connectivity index (χ1v) is 9.33. The summed E-state index contributed by atoms with van der Waals surface area (Å²) in [5.74, 6) is 1.52. The van der Waals surface area contributed by atoms with Crippen molar-refractivity contribution in [2.24, 2.45) is 11.8 Å². The first-order valence-electron chi connectivity index (χ1n) is 8.95. The average Bonchev–Trinajstić information content (AvgIpc) is 2.61. The molecule has 1 N–H and O–H groups in total. The number of carbonyl (C=O) groups excluding carboxylic acids is 2. The number of piperidine rings is 1. The highest BCUT2D eigenvalue weighted by molar-refractivity contribution is 6.30. The molecule has 2 atom stereocenters. The molecule has 2 aliphatic rings. The lowest BCUT2D eigenvalue weighted by molar-refractivity contribution is -0.134. The minimum atomic E-state index is -0.162. The molecular formula is C19H25ClN2O2. The van der Waals surface area contributed by atoms with E-state index in [0.717, 1.165) is 25.4 Å². The molecule has 2 amide bonds. The number of halogens is 1. The summed E-state index contributed by atoms with van der Waals surface area (Å²) >= 11 is 5.81. The Hall–Kier alpha value is -1.55. The number of hydrogen-bond acceptors (Lipinski definition) is 2. The summed E-state index contributed by atoms with van der Waals surface area (Å²) in [4.78, 5) is 26.4. The zero-order valence-electron chi connectivity index (χ0n) is 14.0. The fraction of sp³-hybridized carbons (Fsp3) is 0.579. The topological polar surface area (TPSA) is 49.4 Å². The maximum absolute atomic E-state index is 12.4. The van der Waals surface area contributed by atoms with Crippen molar-refractivity contribution in [3.05, 3.63) is 34.9 Å². The number of fused-ring (bicyclic) bond motifs is 1. The van der Waals surface area contributed by atoms with Crippen LogP contribution in [0.1, 0.15) is 48.9 Å². The van der Waals surface area contributed by atoms with Gasteiger partial charge in [0.2, 0.25) is 5.91 Å². The van der Waals surface area contributed by atoms with Crippen molar-refractivity contribution in [1.82, 2.24) is 10.2 Å². The normalized spacial score (nSPS) is 23.5. The van der Waals surface area contributed by atoms with Crippen molar-refractivity contribution in [3.63, 3.8) is 0 Å². The third kappa shape index (κ3) is 4.29. The third-order valence-electron chi connectivity index (χ3n) is 5.37. The van der Waals surface area contributed by atoms with Crippen LogP contribution in [0.25, 0.3) is 0 Å². The highest BCUT2D eigenvalue weighted by Crippen LogP contribution is 2.36. The highest BCUT2D eigenvalue weighted by Gasteiger charge is 2.32. The van der Waals surface area contributed by atoms with E-state index in [1.54, 1.807) is 24.3 Å². The molecule has 0 spiro atoms. The molecule has 1 aromatic rings. The summed E-state index contributed by atoms with van der Waals surface area (Å²) < 4.78 is 0. The molecule has 24 heavy (non-hydrogen) atoms. The first kappa shape index (κ1) is 17.3. The fourth-order valence-corrected chi connectivity index (χ4v) is 4.10. The number of amides is 2. The standard InChI is InChI=1S/C19H25ClN2O2/c20-17-7-5-15(6-8-17)19(24)21-11-9-18(23)22-12-10-14-3-1-2-4-16(14)13-22/h5-8,14,16H,1-4,9-13H2,(H,21,24)/t14-,16+/m0/s1. The quantitative estimate of drug-likeness (QED) is 0.905. The Balaban J connectivity index is 1.42. The van der Waals surface area contributed by atoms with Crippen LogP contribution in [-0.2, 0) is 4.79 Å². The van der Waals surface area contributed by atoms with Crippen LogP contribution >= 0.6 is 11.6 Å². The van der Waals surface area contributed by atoms with Crippen molar-refractivity contribution in [3.8, 4) is 0 Å². The maximum Gasteiger partial charge on any atom is 0.251 e. The number of rotatable bonds is 4. The van der Waals surface area contributed by atoms with Gasteiger partial charge in [0.1, 0.15) is 0 Å². The molecule has 5 heteroatoms. The molecule has 1 saturated carbocycles. The van der Waals surface area contributed by atoms with Crippen molar-refractivity contribution >= 4 is 23.4 Å². The van der Waals surface area contributed by atoms with Gasteiger partial charge in [-0.3, -0.25) is 9.59 Å². The summed E-state index contributed by atoms with van der Waals surface area (Å²) in [7, 11) is 0. The molecule has 1 aliphatic heterocycles. The van der Waals surface area contributed by atoms with Gasteiger partial charge in [-0.05, 0) is 48.9 Å². The van der Waals surface area contributed by atoms with Gasteiger partial charge in [-0.25, -0.2) is 0 Å². The second kappa shape index (κ2) is 8.02. The smallest absolute Gasteiger partial charge is 0.251 e. The van der Waals surface area contributed by atoms with Crippen LogP contribution in [0.4, 0.5) is 0 Å². The van der Waals surface area contributed by atoms with E-state index in [2.05, 4.69) is 5.32 Å². The minimum absolute atomic E-state index is 0.162. The van der Waals surface area contributed by atoms with Gasteiger partial charge in [-0.15, -0.1) is 0 Å². The summed E-state index contributed by atoms with van der Waals surface area (Å²) in [5, 5.41) is 3.42. The second-order valence-electron chi connectivity index (χ2n) is 6.95. The van der Waals surface area contributed by atoms with Crippen LogP contribution in [0.3, 0.4) is 0 Å². The molecule has 0 aromatic heterocycles. The molecule has 0 radical (unpaired) electrons. The predicted molar refractivity (Wildman–Crippen MR) is 95.0 cm³/mol. The first-order chi connectivity index (χ1) is 11.6. The summed E-state index contributed by atoms with van der Waals surface area (Å²) in [6, 6.07) is 6.76. The van der Waals surface area contributed by atoms with E-state index < -0.39 is 0 Å². The zero-order valence-corrected chi connectivity index (χ0v) is 14.7. The van der Waals surface area contributed by atoms with Crippen molar-refractivity contribution in [2.45, 2.75) is 38.5 Å². The number of nitrogens with zero attached hydrogens (tertiary/aromatic N) is 1. The largest absolute Gasteiger partial charge is 0.352 e. The van der Waals surface area contributed by atoms with E-state index in [1.807, 2.05) is 4.90 Å². The van der Waals surface area contributed by atoms with Gasteiger partial charge < -0.3 is 10.2 Å². The van der Waals surface area contributed by atoms with Crippen LogP contribution in [0.15, 0.2) is 24.3 Å². The van der Waals surface area contributed by atoms with Gasteiger partial charge in [0.25, 0.3) is 5.91 Å². The van der Waals surface area contributed by atoms with Crippen LogP contribution in [0.5, 0.6) is 0 Å². The molecule has 1 heterocycles. The lowest BCUT2D eigenvalue weighted by atomic mass is 9.75. The monoisotopic (exact) mass is 348 g/mol. The number of carbonyl (C=O) groups is 2. The van der Waals surface area contributed by atoms with E-state index >= 15 is 0 Å². The van der Waals surface area contributed by atoms with Gasteiger partial charge in [0.15, 0.2) is 0 Å². The van der Waals surface area contributed by atoms with Crippen LogP contribution in [0.2, 0.25) is 5.02 Å². The molecule has 0 bridgehead atoms. The Labute approximate surface area is 148 Å². The molecule has 3 rings (SSSR count). The Morgan fingerprint density at radius 1 is 1.08 bits per heavy atom. The number of nitrogens with one attached hydrogen (secondary N) is 1. The Kier molecular flexibility index (Phi) is 5.77. The van der Waals surface area contributed by atoms with Gasteiger partial charge in [0.05, 0.1) is 0 Å². The molecule has 2 fully saturated rings. The lowest BCUT2D eigenvalue weighted by Gasteiger charge is -2.41. The second-order valence-corrected chi connectivity index (χ2v) is 7.38. The third-order valence-corrected chi connectivity index (χ3v) is 5.63. The molecule has 1 aromatic carbocycles. The van der Waals surface area contributed by atoms with E-state index in [4.69, 9.17) is 11.6 Å². The number of likely N-dealkylation sites (tertiary alicyclic amines) is 1. The summed E-state index contributed by atoms with van der Waals surface area (Å²) in [6.45, 7) is 2.17. The molecule has 1 saturated heterocycles. The average molecular weight is 349 g/mol. The van der Waals surface area contributed by atoms with Gasteiger partial charge >= 0.3 is 0 Å². The van der Waals surface area contributed by atoms with Crippen LogP contribution in [0, 0.1) is 11.8 Å². The van der Waals surface area contributed by atoms with E-state index in [0.29, 0.717) is 29.5 Å². The number of hydrogen-bond donors (Lipinski definition) is 1. The Morgan fingerprint density at radius 2 is 1.79 bits per heavy atom. The highest BCUT2D eigenvalue weighted by atomic mass is 35.5. The van der Waals surface area contributed by atoms with E-state index in [1.165, 1.54) is 25.7 Å². The van der Waals surface area contributed by atoms with Gasteiger partial charge in [-0.1, -0.05) is 30.9 Å². The predicted octanol–water partition coefficient (Wildman–Crippen LogP) is 3.50. The molecular weight excluding hydrogens is 324 g/mol. The van der Waals surface area contributed by atoms with Crippen molar-refractivity contribution in [1.29, 1.82) is 0 Å². The molecule has 130 valence electrons. The molecule has 4 nitrogen and oxygen atoms in total. The van der Waals surface area contributed by atoms with E-state index in [9.17, 15) is 9.59 Å². The fourth-order valence-electron chi connectivity index (χ4n) is 3.97. The van der Waals surface area contributed by atoms with Crippen molar-refractivity contribution in [2.75, 3.05) is 19.6 Å². The zero-order chi connectivity index (χ0) is 16.9. The Bertz CT molecular complexity index is 588. The Morgan fingerprint density at radius 3 is 2.54 bits per heavy atom. The van der Waals surface area contributed by atoms with Crippen LogP contribution < -0.4 is 5.32 Å². The minimum Gasteiger partial charge on any atom is -0.352 e. The maximum atomic E-state index is 12.4. The van der Waals surface area contributed by atoms with Crippen molar-refractivity contribution < 1.29 is 9.59 Å². The lowest BCUT2D eigenvalue weighted by Crippen LogP contribution is -2.45. The SMILES string of the molecule is O=C(NCCC(=O)N1CC[C@@H]2CCCC[C@@H]2C1)c1ccc(Cl)cc1. The summed E-state index contributed by atoms with van der Waals surface area (Å²) in [6.07, 6.45) is 6.78. The molecule has 1 aliphatic carbocycles. The van der Waals surface area contributed by atoms with Gasteiger partial charge in [-0.2, -0.15) is 0 Å². The van der Waals surface area contributed by atoms with E-state index in [-0.39, 0.29) is 11.8 Å². The number of benzene rings is 1. The molecule has 0 unspecified atom stereocenters. The van der Waals surface area contributed by atoms with Gasteiger partial charge in [0, 0.05) is 36.6 Å².